The van der Waals surface area contributed by atoms with Gasteiger partial charge < -0.3 is 4.90 Å². The molecule has 0 N–H and O–H groups in total. The van der Waals surface area contributed by atoms with Crippen LogP contribution in [0.1, 0.15) is 39.0 Å². The van der Waals surface area contributed by atoms with Gasteiger partial charge in [0.15, 0.2) is 0 Å². The normalized spacial score (nSPS) is 19.4. The Bertz CT molecular complexity index is 134. The van der Waals surface area contributed by atoms with Crippen LogP contribution in [-0.2, 0) is 0 Å². The Hall–Kier alpha value is -0.300. The molecule has 0 radical (unpaired) electrons. The first kappa shape index (κ1) is 9.79. The number of hydrogen-bond donors (Lipinski definition) is 0. The zero-order valence-electron chi connectivity index (χ0n) is 8.31. The van der Waals surface area contributed by atoms with E-state index in [0.717, 1.165) is 6.42 Å². The molecule has 1 nitrogen and oxygen atoms in total. The number of hydrogen-bond acceptors (Lipinski definition) is 1. The molecule has 0 aromatic carbocycles. The van der Waals surface area contributed by atoms with E-state index in [1.165, 1.54) is 50.9 Å². The van der Waals surface area contributed by atoms with Crippen LogP contribution in [0.25, 0.3) is 0 Å². The topological polar surface area (TPSA) is 3.24 Å². The first-order valence-electron chi connectivity index (χ1n) is 5.22. The molecule has 0 aromatic rings. The van der Waals surface area contributed by atoms with E-state index in [-0.39, 0.29) is 0 Å². The predicted octanol–water partition coefficient (Wildman–Crippen LogP) is 2.83. The summed E-state index contributed by atoms with van der Waals surface area (Å²) < 4.78 is 0. The monoisotopic (exact) mass is 167 g/mol. The van der Waals surface area contributed by atoms with Crippen LogP contribution >= 0.6 is 0 Å². The summed E-state index contributed by atoms with van der Waals surface area (Å²) >= 11 is 0. The van der Waals surface area contributed by atoms with Crippen LogP contribution < -0.4 is 0 Å². The molecule has 1 heterocycles. The molecule has 0 spiro atoms. The van der Waals surface area contributed by atoms with Crippen LogP contribution in [0.15, 0.2) is 12.2 Å². The third-order valence-electron chi connectivity index (χ3n) is 2.73. The maximum Gasteiger partial charge on any atom is 0.00185 e. The third kappa shape index (κ3) is 3.40. The molecule has 70 valence electrons. The molecular formula is C11H21N. The van der Waals surface area contributed by atoms with Crippen molar-refractivity contribution < 1.29 is 0 Å². The van der Waals surface area contributed by atoms with Crippen molar-refractivity contribution in [3.8, 4) is 0 Å². The van der Waals surface area contributed by atoms with Gasteiger partial charge in [0.2, 0.25) is 0 Å². The summed E-state index contributed by atoms with van der Waals surface area (Å²) in [5, 5.41) is 0. The molecule has 0 aliphatic carbocycles. The minimum absolute atomic E-state index is 1.15. The van der Waals surface area contributed by atoms with Gasteiger partial charge in [0, 0.05) is 6.54 Å². The molecule has 1 rings (SSSR count). The molecule has 1 saturated heterocycles. The Labute approximate surface area is 76.5 Å². The second kappa shape index (κ2) is 5.36. The quantitative estimate of drug-likeness (QED) is 0.582. The van der Waals surface area contributed by atoms with Crippen LogP contribution in [0.4, 0.5) is 0 Å². The second-order valence-electron chi connectivity index (χ2n) is 3.76. The van der Waals surface area contributed by atoms with Gasteiger partial charge in [-0.3, -0.25) is 0 Å². The lowest BCUT2D eigenvalue weighted by atomic mass is 10.1. The van der Waals surface area contributed by atoms with Gasteiger partial charge in [-0.1, -0.05) is 25.5 Å². The van der Waals surface area contributed by atoms with Crippen molar-refractivity contribution in [2.75, 3.05) is 19.6 Å². The lowest BCUT2D eigenvalue weighted by Crippen LogP contribution is -2.30. The van der Waals surface area contributed by atoms with Crippen molar-refractivity contribution in [2.45, 2.75) is 39.0 Å². The average molecular weight is 167 g/mol. The molecule has 1 heteroatoms. The Morgan fingerprint density at radius 2 is 1.92 bits per heavy atom. The van der Waals surface area contributed by atoms with Crippen LogP contribution in [0.3, 0.4) is 0 Å². The maximum atomic E-state index is 4.03. The van der Waals surface area contributed by atoms with E-state index in [9.17, 15) is 0 Å². The highest BCUT2D eigenvalue weighted by atomic mass is 15.1. The summed E-state index contributed by atoms with van der Waals surface area (Å²) in [5.74, 6) is 0. The van der Waals surface area contributed by atoms with Gasteiger partial charge >= 0.3 is 0 Å². The molecule has 1 fully saturated rings. The zero-order valence-corrected chi connectivity index (χ0v) is 8.31. The number of nitrogens with zero attached hydrogens (tertiary/aromatic N) is 1. The minimum Gasteiger partial charge on any atom is -0.303 e. The largest absolute Gasteiger partial charge is 0.303 e. The molecule has 0 bridgehead atoms. The molecule has 1 aliphatic heterocycles. The van der Waals surface area contributed by atoms with E-state index in [4.69, 9.17) is 0 Å². The number of piperidine rings is 1. The lowest BCUT2D eigenvalue weighted by molar-refractivity contribution is 0.231. The number of rotatable bonds is 4. The summed E-state index contributed by atoms with van der Waals surface area (Å²) in [7, 11) is 0. The van der Waals surface area contributed by atoms with Gasteiger partial charge in [-0.05, 0) is 38.8 Å². The fourth-order valence-corrected chi connectivity index (χ4v) is 1.68. The van der Waals surface area contributed by atoms with Gasteiger partial charge in [-0.25, -0.2) is 0 Å². The highest BCUT2D eigenvalue weighted by Crippen LogP contribution is 2.11. The van der Waals surface area contributed by atoms with Crippen molar-refractivity contribution >= 4 is 0 Å². The van der Waals surface area contributed by atoms with Crippen molar-refractivity contribution in [1.29, 1.82) is 0 Å². The Balaban J connectivity index is 2.09. The molecule has 12 heavy (non-hydrogen) atoms. The highest BCUT2D eigenvalue weighted by molar-refractivity contribution is 4.93. The molecule has 0 amide bonds. The maximum absolute atomic E-state index is 4.03. The van der Waals surface area contributed by atoms with Crippen LogP contribution in [0, 0.1) is 0 Å². The highest BCUT2D eigenvalue weighted by Gasteiger charge is 2.08. The summed E-state index contributed by atoms with van der Waals surface area (Å²) in [5.41, 5.74) is 1.40. The molecule has 0 aromatic heterocycles. The van der Waals surface area contributed by atoms with Gasteiger partial charge in [0.25, 0.3) is 0 Å². The predicted molar refractivity (Wildman–Crippen MR) is 54.3 cm³/mol. The second-order valence-corrected chi connectivity index (χ2v) is 3.76. The van der Waals surface area contributed by atoms with E-state index in [1.807, 2.05) is 0 Å². The first-order valence-corrected chi connectivity index (χ1v) is 5.22. The summed E-state index contributed by atoms with van der Waals surface area (Å²) in [6.07, 6.45) is 6.59. The first-order chi connectivity index (χ1) is 5.83. The summed E-state index contributed by atoms with van der Waals surface area (Å²) in [6.45, 7) is 10.1. The van der Waals surface area contributed by atoms with Crippen LogP contribution in [-0.4, -0.2) is 24.5 Å². The Morgan fingerprint density at radius 1 is 1.25 bits per heavy atom. The SMILES string of the molecule is C=C(CC)CCN1CCCCC1. The van der Waals surface area contributed by atoms with E-state index in [2.05, 4.69) is 18.4 Å². The van der Waals surface area contributed by atoms with Gasteiger partial charge in [-0.2, -0.15) is 0 Å². The summed E-state index contributed by atoms with van der Waals surface area (Å²) in [4.78, 5) is 2.57. The molecule has 0 unspecified atom stereocenters. The van der Waals surface area contributed by atoms with Crippen molar-refractivity contribution in [3.05, 3.63) is 12.2 Å². The minimum atomic E-state index is 1.15. The molecule has 1 aliphatic rings. The van der Waals surface area contributed by atoms with Crippen LogP contribution in [0.2, 0.25) is 0 Å². The van der Waals surface area contributed by atoms with Crippen molar-refractivity contribution in [2.24, 2.45) is 0 Å². The van der Waals surface area contributed by atoms with Gasteiger partial charge in [0.05, 0.1) is 0 Å². The fourth-order valence-electron chi connectivity index (χ4n) is 1.68. The third-order valence-corrected chi connectivity index (χ3v) is 2.73. The molecule has 0 saturated carbocycles. The zero-order chi connectivity index (χ0) is 8.81. The van der Waals surface area contributed by atoms with Gasteiger partial charge in [0.1, 0.15) is 0 Å². The van der Waals surface area contributed by atoms with Gasteiger partial charge in [-0.15, -0.1) is 0 Å². The van der Waals surface area contributed by atoms with Crippen molar-refractivity contribution in [1.82, 2.24) is 4.90 Å². The smallest absolute Gasteiger partial charge is 0.00185 e. The van der Waals surface area contributed by atoms with Crippen LogP contribution in [0.5, 0.6) is 0 Å². The standard InChI is InChI=1S/C11H21N/c1-3-11(2)7-10-12-8-5-4-6-9-12/h2-10H2,1H3. The number of likely N-dealkylation sites (tertiary alicyclic amines) is 1. The van der Waals surface area contributed by atoms with E-state index in [1.54, 1.807) is 0 Å². The Kier molecular flexibility index (Phi) is 4.37. The van der Waals surface area contributed by atoms with Crippen molar-refractivity contribution in [3.63, 3.8) is 0 Å². The fraction of sp³-hybridized carbons (Fsp3) is 0.818. The average Bonchev–Trinajstić information content (AvgIpc) is 2.16. The lowest BCUT2D eigenvalue weighted by Gasteiger charge is -2.26. The van der Waals surface area contributed by atoms with E-state index >= 15 is 0 Å². The molecule has 0 atom stereocenters. The summed E-state index contributed by atoms with van der Waals surface area (Å²) in [6, 6.07) is 0. The Morgan fingerprint density at radius 3 is 2.50 bits per heavy atom. The van der Waals surface area contributed by atoms with E-state index in [0.29, 0.717) is 0 Å². The van der Waals surface area contributed by atoms with E-state index < -0.39 is 0 Å². The molecular weight excluding hydrogens is 146 g/mol.